The molecule has 224 valence electrons. The second kappa shape index (κ2) is 12.2. The van der Waals surface area contributed by atoms with Gasteiger partial charge in [0.15, 0.2) is 0 Å². The van der Waals surface area contributed by atoms with Crippen LogP contribution in [0.3, 0.4) is 0 Å². The van der Waals surface area contributed by atoms with Crippen molar-refractivity contribution in [3.05, 3.63) is 169 Å². The maximum atomic E-state index is 3.80. The quantitative estimate of drug-likeness (QED) is 0.196. The highest BCUT2D eigenvalue weighted by Gasteiger charge is 2.12. The summed E-state index contributed by atoms with van der Waals surface area (Å²) in [5.41, 5.74) is 15.3. The third-order valence-electron chi connectivity index (χ3n) is 8.67. The van der Waals surface area contributed by atoms with E-state index in [0.717, 1.165) is 44.3 Å². The van der Waals surface area contributed by atoms with Gasteiger partial charge in [-0.3, -0.25) is 0 Å². The topological polar surface area (TPSA) is 31.6 Å². The predicted octanol–water partition coefficient (Wildman–Crippen LogP) is 12.4. The molecule has 2 nitrogen and oxygen atoms in total. The van der Waals surface area contributed by atoms with Crippen LogP contribution in [0.15, 0.2) is 146 Å². The molecule has 0 atom stereocenters. The van der Waals surface area contributed by atoms with Gasteiger partial charge in [0.1, 0.15) is 0 Å². The fourth-order valence-corrected chi connectivity index (χ4v) is 7.38. The summed E-state index contributed by atoms with van der Waals surface area (Å²) in [5.74, 6) is 0. The van der Waals surface area contributed by atoms with E-state index in [1.807, 2.05) is 23.5 Å². The van der Waals surface area contributed by atoms with Gasteiger partial charge in [0.05, 0.1) is 22.2 Å². The third kappa shape index (κ3) is 5.61. The number of aromatic nitrogens is 2. The Kier molecular flexibility index (Phi) is 7.42. The van der Waals surface area contributed by atoms with Gasteiger partial charge in [0.2, 0.25) is 0 Å². The van der Waals surface area contributed by atoms with Gasteiger partial charge in [0.25, 0.3) is 0 Å². The van der Waals surface area contributed by atoms with E-state index < -0.39 is 0 Å². The number of aromatic amines is 2. The molecule has 0 saturated heterocycles. The molecular formula is C44H32N2S. The van der Waals surface area contributed by atoms with Gasteiger partial charge in [0, 0.05) is 31.6 Å². The van der Waals surface area contributed by atoms with E-state index in [4.69, 9.17) is 0 Å². The molecule has 6 bridgehead atoms. The van der Waals surface area contributed by atoms with Crippen LogP contribution in [-0.4, -0.2) is 9.97 Å². The first kappa shape index (κ1) is 28.6. The summed E-state index contributed by atoms with van der Waals surface area (Å²) in [6.07, 6.45) is 0. The van der Waals surface area contributed by atoms with Crippen LogP contribution in [0.5, 0.6) is 0 Å². The van der Waals surface area contributed by atoms with Gasteiger partial charge >= 0.3 is 0 Å². The van der Waals surface area contributed by atoms with E-state index in [0.29, 0.717) is 0 Å². The second-order valence-electron chi connectivity index (χ2n) is 11.9. The number of aryl methyl sites for hydroxylation is 2. The molecule has 0 aliphatic carbocycles. The number of fused-ring (bicyclic) bond motifs is 6. The molecule has 47 heavy (non-hydrogen) atoms. The fraction of sp³-hybridized carbons (Fsp3) is 0.0455. The van der Waals surface area contributed by atoms with E-state index in [1.54, 1.807) is 0 Å². The normalized spacial score (nSPS) is 11.0. The number of thiophene rings is 1. The molecule has 0 aliphatic heterocycles. The average Bonchev–Trinajstić information content (AvgIpc) is 3.89. The Labute approximate surface area is 279 Å². The van der Waals surface area contributed by atoms with Crippen molar-refractivity contribution in [2.24, 2.45) is 0 Å². The minimum atomic E-state index is 0.953. The van der Waals surface area contributed by atoms with Gasteiger partial charge in [-0.25, -0.2) is 0 Å². The van der Waals surface area contributed by atoms with Crippen molar-refractivity contribution in [2.75, 3.05) is 0 Å². The first-order valence-corrected chi connectivity index (χ1v) is 16.7. The predicted molar refractivity (Wildman–Crippen MR) is 201 cm³/mol. The summed E-state index contributed by atoms with van der Waals surface area (Å²) in [7, 11) is 0. The van der Waals surface area contributed by atoms with Crippen LogP contribution in [0, 0.1) is 26.0 Å². The van der Waals surface area contributed by atoms with Gasteiger partial charge in [-0.2, -0.15) is 0 Å². The Morgan fingerprint density at radius 2 is 0.766 bits per heavy atom. The number of benzene rings is 4. The molecule has 0 aliphatic rings. The van der Waals surface area contributed by atoms with Crippen molar-refractivity contribution in [3.63, 3.8) is 0 Å². The van der Waals surface area contributed by atoms with Crippen molar-refractivity contribution in [3.8, 4) is 44.5 Å². The summed E-state index contributed by atoms with van der Waals surface area (Å²) in [6.45, 7) is 4.27. The van der Waals surface area contributed by atoms with Crippen LogP contribution < -0.4 is 0 Å². The maximum absolute atomic E-state index is 3.80. The molecule has 0 unspecified atom stereocenters. The van der Waals surface area contributed by atoms with Crippen molar-refractivity contribution in [2.45, 2.75) is 13.8 Å². The Bertz CT molecular complexity index is 2270. The zero-order valence-electron chi connectivity index (χ0n) is 26.3. The van der Waals surface area contributed by atoms with Crippen LogP contribution in [0.1, 0.15) is 11.1 Å². The molecular weight excluding hydrogens is 589 g/mol. The second-order valence-corrected chi connectivity index (χ2v) is 13.0. The van der Waals surface area contributed by atoms with Crippen molar-refractivity contribution in [1.82, 2.24) is 9.97 Å². The Balaban J connectivity index is 1.56. The van der Waals surface area contributed by atoms with Crippen molar-refractivity contribution < 1.29 is 0 Å². The highest BCUT2D eigenvalue weighted by atomic mass is 32.1. The number of nitrogens with one attached hydrogen (secondary N) is 2. The van der Waals surface area contributed by atoms with E-state index in [1.165, 1.54) is 42.8 Å². The smallest absolute Gasteiger partial charge is 0.0556 e. The lowest BCUT2D eigenvalue weighted by Gasteiger charge is -2.04. The van der Waals surface area contributed by atoms with Crippen LogP contribution in [0.2, 0.25) is 0 Å². The van der Waals surface area contributed by atoms with Gasteiger partial charge in [-0.05, 0) is 72.5 Å². The number of hydrogen-bond donors (Lipinski definition) is 2. The molecule has 0 fully saturated rings. The first-order valence-electron chi connectivity index (χ1n) is 15.9. The molecule has 4 aromatic heterocycles. The minimum absolute atomic E-state index is 0.953. The van der Waals surface area contributed by atoms with E-state index in [-0.39, 0.29) is 0 Å². The molecule has 0 spiro atoms. The zero-order chi connectivity index (χ0) is 31.7. The number of hydrogen-bond acceptors (Lipinski definition) is 1. The summed E-state index contributed by atoms with van der Waals surface area (Å²) < 4.78 is 2.40. The highest BCUT2D eigenvalue weighted by molar-refractivity contribution is 7.24. The number of H-pyrrole nitrogens is 2. The molecule has 0 radical (unpaired) electrons. The lowest BCUT2D eigenvalue weighted by Crippen LogP contribution is -1.80. The standard InChI is InChI=1S/C44H32N2S/c1-29-13-17-33(18-14-29)43-39-25-23-37(45-39)35(31-9-5-3-6-10-31)21-22-36(32-11-7-4-8-12-32)38-24-26-40(46-38)44(42-28-27-41(43)47-42)34-19-15-30(2)16-20-34/h3-20,23-28,45-46H,1-2H3. The van der Waals surface area contributed by atoms with Crippen LogP contribution in [0.25, 0.3) is 76.0 Å². The van der Waals surface area contributed by atoms with Crippen LogP contribution in [0.4, 0.5) is 0 Å². The molecule has 8 rings (SSSR count). The molecule has 0 saturated carbocycles. The summed E-state index contributed by atoms with van der Waals surface area (Å²) >= 11 is 1.82. The summed E-state index contributed by atoms with van der Waals surface area (Å²) in [6, 6.07) is 59.1. The van der Waals surface area contributed by atoms with Crippen molar-refractivity contribution in [1.29, 1.82) is 0 Å². The molecule has 4 heterocycles. The van der Waals surface area contributed by atoms with Crippen LogP contribution >= 0.6 is 11.3 Å². The van der Waals surface area contributed by atoms with Gasteiger partial charge in [-0.1, -0.05) is 132 Å². The largest absolute Gasteiger partial charge is 0.354 e. The summed E-state index contributed by atoms with van der Waals surface area (Å²) in [5, 5.41) is 0. The van der Waals surface area contributed by atoms with E-state index >= 15 is 0 Å². The van der Waals surface area contributed by atoms with Crippen molar-refractivity contribution >= 4 is 42.8 Å². The van der Waals surface area contributed by atoms with E-state index in [2.05, 4.69) is 169 Å². The van der Waals surface area contributed by atoms with Gasteiger partial charge in [-0.15, -0.1) is 11.3 Å². The fourth-order valence-electron chi connectivity index (χ4n) is 6.21. The molecule has 0 amide bonds. The lowest BCUT2D eigenvalue weighted by molar-refractivity contribution is 1.47. The monoisotopic (exact) mass is 620 g/mol. The van der Waals surface area contributed by atoms with Gasteiger partial charge < -0.3 is 9.97 Å². The lowest BCUT2D eigenvalue weighted by atomic mass is 10.0. The summed E-state index contributed by atoms with van der Waals surface area (Å²) in [4.78, 5) is 7.61. The Morgan fingerprint density at radius 3 is 1.17 bits per heavy atom. The minimum Gasteiger partial charge on any atom is -0.354 e. The molecule has 8 aromatic rings. The average molecular weight is 621 g/mol. The highest BCUT2D eigenvalue weighted by Crippen LogP contribution is 2.39. The van der Waals surface area contributed by atoms with Crippen LogP contribution in [-0.2, 0) is 0 Å². The zero-order valence-corrected chi connectivity index (χ0v) is 27.1. The molecule has 4 aromatic carbocycles. The molecule has 3 heteroatoms. The maximum Gasteiger partial charge on any atom is 0.0556 e. The Morgan fingerprint density at radius 1 is 0.383 bits per heavy atom. The first-order chi connectivity index (χ1) is 23.1. The Hall–Kier alpha value is -5.82. The van der Waals surface area contributed by atoms with E-state index in [9.17, 15) is 0 Å². The SMILES string of the molecule is Cc1ccc(-c2c3ccc([nH]3)c(-c3ccccc3)c#cc(-c3ccccc3)c3ccc([nH]3)c(-c3ccc(C)cc3)c3ccc2s3)cc1. The number of rotatable bonds is 4. The molecule has 2 N–H and O–H groups in total. The third-order valence-corrected chi connectivity index (χ3v) is 9.79.